The van der Waals surface area contributed by atoms with Crippen LogP contribution in [0.5, 0.6) is 0 Å². The Balaban J connectivity index is 2.97. The van der Waals surface area contributed by atoms with Crippen LogP contribution < -0.4 is 5.11 Å². The van der Waals surface area contributed by atoms with Gasteiger partial charge in [0.2, 0.25) is 0 Å². The molecule has 1 rings (SSSR count). The minimum atomic E-state index is -1.11. The molecule has 0 spiro atoms. The maximum Gasteiger partial charge on any atom is 0.0458 e. The lowest BCUT2D eigenvalue weighted by molar-refractivity contribution is -0.304. The molecule has 0 aliphatic heterocycles. The molecule has 0 radical (unpaired) electrons. The Bertz CT molecular complexity index is 312. The monoisotopic (exact) mass is 247 g/mol. The average molecular weight is 248 g/mol. The summed E-state index contributed by atoms with van der Waals surface area (Å²) >= 11 is 8.88. The molecule has 0 saturated heterocycles. The van der Waals surface area contributed by atoms with E-state index in [1.54, 1.807) is 18.2 Å². The third-order valence-electron chi connectivity index (χ3n) is 1.34. The number of carbonyl (C=O) groups excluding carboxylic acids is 1. The molecule has 4 heteroatoms. The molecule has 64 valence electrons. The summed E-state index contributed by atoms with van der Waals surface area (Å²) in [4.78, 5) is 10.3. The molecular weight excluding hydrogens is 243 g/mol. The molecule has 0 saturated carbocycles. The van der Waals surface area contributed by atoms with Crippen LogP contribution in [0.4, 0.5) is 0 Å². The van der Waals surface area contributed by atoms with E-state index in [4.69, 9.17) is 11.6 Å². The number of aliphatic carboxylic acids is 1. The molecule has 0 unspecified atom stereocenters. The van der Waals surface area contributed by atoms with Crippen LogP contribution in [0.25, 0.3) is 0 Å². The molecule has 1 aromatic carbocycles. The van der Waals surface area contributed by atoms with Gasteiger partial charge in [-0.2, -0.15) is 0 Å². The van der Waals surface area contributed by atoms with Crippen molar-refractivity contribution in [2.24, 2.45) is 0 Å². The third-order valence-corrected chi connectivity index (χ3v) is 2.35. The summed E-state index contributed by atoms with van der Waals surface area (Å²) in [6.07, 6.45) is -0.124. The van der Waals surface area contributed by atoms with Crippen molar-refractivity contribution in [3.8, 4) is 0 Å². The number of carboxylic acid groups (broad SMARTS) is 1. The van der Waals surface area contributed by atoms with Crippen molar-refractivity contribution in [2.45, 2.75) is 6.42 Å². The normalized spacial score (nSPS) is 9.83. The summed E-state index contributed by atoms with van der Waals surface area (Å²) < 4.78 is 0.733. The highest BCUT2D eigenvalue weighted by Crippen LogP contribution is 2.21. The molecule has 0 N–H and O–H groups in total. The Labute approximate surface area is 83.3 Å². The molecule has 12 heavy (non-hydrogen) atoms. The molecule has 0 fully saturated rings. The number of benzene rings is 1. The first-order valence-electron chi connectivity index (χ1n) is 3.23. The zero-order chi connectivity index (χ0) is 9.14. The number of halogens is 2. The Morgan fingerprint density at radius 1 is 1.58 bits per heavy atom. The highest BCUT2D eigenvalue weighted by atomic mass is 79.9. The van der Waals surface area contributed by atoms with Crippen LogP contribution in [-0.4, -0.2) is 5.97 Å². The summed E-state index contributed by atoms with van der Waals surface area (Å²) in [6.45, 7) is 0. The predicted octanol–water partition coefficient (Wildman–Crippen LogP) is 1.39. The molecule has 2 nitrogen and oxygen atoms in total. The van der Waals surface area contributed by atoms with Crippen LogP contribution in [0.15, 0.2) is 22.7 Å². The van der Waals surface area contributed by atoms with Gasteiger partial charge in [-0.25, -0.2) is 0 Å². The second-order valence-corrected chi connectivity index (χ2v) is 3.58. The van der Waals surface area contributed by atoms with Gasteiger partial charge in [0.05, 0.1) is 0 Å². The molecular formula is C8H5BrClO2-. The lowest BCUT2D eigenvalue weighted by atomic mass is 10.1. The Kier molecular flexibility index (Phi) is 3.12. The highest BCUT2D eigenvalue weighted by Gasteiger charge is 2.00. The van der Waals surface area contributed by atoms with Crippen molar-refractivity contribution in [3.05, 3.63) is 33.3 Å². The van der Waals surface area contributed by atoms with E-state index in [9.17, 15) is 9.90 Å². The summed E-state index contributed by atoms with van der Waals surface area (Å²) in [5, 5.41) is 10.8. The van der Waals surface area contributed by atoms with Crippen molar-refractivity contribution in [1.82, 2.24) is 0 Å². The minimum absolute atomic E-state index is 0.124. The summed E-state index contributed by atoms with van der Waals surface area (Å²) in [5.74, 6) is -1.11. The van der Waals surface area contributed by atoms with Crippen LogP contribution >= 0.6 is 27.5 Å². The highest BCUT2D eigenvalue weighted by molar-refractivity contribution is 9.10. The number of rotatable bonds is 2. The predicted molar refractivity (Wildman–Crippen MR) is 47.9 cm³/mol. The van der Waals surface area contributed by atoms with E-state index >= 15 is 0 Å². The SMILES string of the molecule is O=C([O-])Cc1cc(Cl)ccc1Br. The van der Waals surface area contributed by atoms with Gasteiger partial charge in [0.25, 0.3) is 0 Å². The number of hydrogen-bond donors (Lipinski definition) is 0. The fraction of sp³-hybridized carbons (Fsp3) is 0.125. The molecule has 0 aliphatic rings. The summed E-state index contributed by atoms with van der Waals surface area (Å²) in [5.41, 5.74) is 0.627. The van der Waals surface area contributed by atoms with Crippen LogP contribution in [0, 0.1) is 0 Å². The first-order valence-corrected chi connectivity index (χ1v) is 4.40. The first kappa shape index (κ1) is 9.55. The Morgan fingerprint density at radius 3 is 2.83 bits per heavy atom. The van der Waals surface area contributed by atoms with Gasteiger partial charge in [-0.15, -0.1) is 0 Å². The standard InChI is InChI=1S/C8H6BrClO2/c9-7-2-1-6(10)3-5(7)4-8(11)12/h1-3H,4H2,(H,11,12)/p-1. The molecule has 0 atom stereocenters. The van der Waals surface area contributed by atoms with Crippen LogP contribution in [0.3, 0.4) is 0 Å². The maximum absolute atomic E-state index is 10.3. The Morgan fingerprint density at radius 2 is 2.25 bits per heavy atom. The third kappa shape index (κ3) is 2.50. The summed E-state index contributed by atoms with van der Waals surface area (Å²) in [6, 6.07) is 4.99. The van der Waals surface area contributed by atoms with E-state index in [1.165, 1.54) is 0 Å². The smallest absolute Gasteiger partial charge is 0.0458 e. The van der Waals surface area contributed by atoms with Crippen molar-refractivity contribution < 1.29 is 9.90 Å². The quantitative estimate of drug-likeness (QED) is 0.794. The van der Waals surface area contributed by atoms with E-state index in [0.29, 0.717) is 10.6 Å². The molecule has 0 aliphatic carbocycles. The maximum atomic E-state index is 10.3. The second kappa shape index (κ2) is 3.92. The second-order valence-electron chi connectivity index (χ2n) is 2.28. The number of carbonyl (C=O) groups is 1. The number of hydrogen-bond acceptors (Lipinski definition) is 2. The Hall–Kier alpha value is -0.540. The van der Waals surface area contributed by atoms with E-state index in [0.717, 1.165) is 4.47 Å². The van der Waals surface area contributed by atoms with Gasteiger partial charge in [0.15, 0.2) is 0 Å². The van der Waals surface area contributed by atoms with Crippen molar-refractivity contribution >= 4 is 33.5 Å². The molecule has 0 amide bonds. The van der Waals surface area contributed by atoms with E-state index in [2.05, 4.69) is 15.9 Å². The van der Waals surface area contributed by atoms with Crippen LogP contribution in [0.1, 0.15) is 5.56 Å². The summed E-state index contributed by atoms with van der Waals surface area (Å²) in [7, 11) is 0. The minimum Gasteiger partial charge on any atom is -0.550 e. The number of carboxylic acids is 1. The van der Waals surface area contributed by atoms with Crippen molar-refractivity contribution in [1.29, 1.82) is 0 Å². The van der Waals surface area contributed by atoms with Gasteiger partial charge in [-0.05, 0) is 23.8 Å². The molecule has 0 bridgehead atoms. The zero-order valence-electron chi connectivity index (χ0n) is 6.01. The largest absolute Gasteiger partial charge is 0.550 e. The lowest BCUT2D eigenvalue weighted by Gasteiger charge is -2.05. The van der Waals surface area contributed by atoms with E-state index < -0.39 is 5.97 Å². The van der Waals surface area contributed by atoms with Crippen LogP contribution in [0.2, 0.25) is 5.02 Å². The molecule has 0 heterocycles. The van der Waals surface area contributed by atoms with Gasteiger partial charge in [0, 0.05) is 21.9 Å². The van der Waals surface area contributed by atoms with Crippen LogP contribution in [-0.2, 0) is 11.2 Å². The van der Waals surface area contributed by atoms with Gasteiger partial charge < -0.3 is 9.90 Å². The van der Waals surface area contributed by atoms with Gasteiger partial charge in [-0.3, -0.25) is 0 Å². The van der Waals surface area contributed by atoms with Crippen molar-refractivity contribution in [3.63, 3.8) is 0 Å². The first-order chi connectivity index (χ1) is 5.59. The lowest BCUT2D eigenvalue weighted by Crippen LogP contribution is -2.24. The van der Waals surface area contributed by atoms with E-state index in [-0.39, 0.29) is 6.42 Å². The fourth-order valence-electron chi connectivity index (χ4n) is 0.834. The topological polar surface area (TPSA) is 40.1 Å². The zero-order valence-corrected chi connectivity index (χ0v) is 8.35. The van der Waals surface area contributed by atoms with E-state index in [1.807, 2.05) is 0 Å². The fourth-order valence-corrected chi connectivity index (χ4v) is 1.42. The van der Waals surface area contributed by atoms with Gasteiger partial charge in [-0.1, -0.05) is 27.5 Å². The molecule has 1 aromatic rings. The van der Waals surface area contributed by atoms with Crippen molar-refractivity contribution in [2.75, 3.05) is 0 Å². The average Bonchev–Trinajstić information content (AvgIpc) is 1.96. The van der Waals surface area contributed by atoms with Gasteiger partial charge in [0.1, 0.15) is 0 Å². The molecule has 0 aromatic heterocycles. The van der Waals surface area contributed by atoms with Gasteiger partial charge >= 0.3 is 0 Å².